The largest absolute Gasteiger partial charge is 0.335 e. The molecule has 3 rings (SSSR count). The summed E-state index contributed by atoms with van der Waals surface area (Å²) in [6, 6.07) is 3.20. The van der Waals surface area contributed by atoms with Gasteiger partial charge in [-0.1, -0.05) is 11.6 Å². The molecule has 1 saturated heterocycles. The molecular formula is C14H15Cl2NO3S. The van der Waals surface area contributed by atoms with E-state index in [1.165, 1.54) is 12.5 Å². The van der Waals surface area contributed by atoms with E-state index >= 15 is 0 Å². The van der Waals surface area contributed by atoms with Crippen molar-refractivity contribution in [1.82, 2.24) is 4.90 Å². The molecule has 2 fully saturated rings. The van der Waals surface area contributed by atoms with Crippen LogP contribution >= 0.6 is 22.3 Å². The van der Waals surface area contributed by atoms with Crippen molar-refractivity contribution in [2.75, 3.05) is 6.54 Å². The van der Waals surface area contributed by atoms with Crippen LogP contribution in [0.25, 0.3) is 0 Å². The number of fused-ring (bicyclic) bond motifs is 2. The second-order valence-electron chi connectivity index (χ2n) is 5.83. The lowest BCUT2D eigenvalue weighted by Crippen LogP contribution is -2.37. The van der Waals surface area contributed by atoms with Gasteiger partial charge in [0.2, 0.25) is 0 Å². The molecule has 1 aromatic rings. The van der Waals surface area contributed by atoms with Crippen LogP contribution in [0.3, 0.4) is 0 Å². The summed E-state index contributed by atoms with van der Waals surface area (Å²) >= 11 is 5.99. The van der Waals surface area contributed by atoms with Gasteiger partial charge in [-0.2, -0.15) is 0 Å². The van der Waals surface area contributed by atoms with Crippen molar-refractivity contribution in [1.29, 1.82) is 0 Å². The summed E-state index contributed by atoms with van der Waals surface area (Å²) in [5.41, 5.74) is 0.870. The molecule has 0 spiro atoms. The lowest BCUT2D eigenvalue weighted by molar-refractivity contribution is 0.0703. The van der Waals surface area contributed by atoms with Crippen LogP contribution < -0.4 is 0 Å². The summed E-state index contributed by atoms with van der Waals surface area (Å²) in [5, 5.41) is 0.0736. The summed E-state index contributed by atoms with van der Waals surface area (Å²) in [4.78, 5) is 14.3. The van der Waals surface area contributed by atoms with Crippen LogP contribution in [0.4, 0.5) is 0 Å². The molecule has 2 bridgehead atoms. The number of piperidine rings is 1. The number of halogens is 2. The van der Waals surface area contributed by atoms with Gasteiger partial charge in [-0.3, -0.25) is 4.79 Å². The fourth-order valence-electron chi connectivity index (χ4n) is 3.38. The fourth-order valence-corrected chi connectivity index (χ4v) is 4.92. The topological polar surface area (TPSA) is 54.5 Å². The van der Waals surface area contributed by atoms with Crippen molar-refractivity contribution in [2.45, 2.75) is 37.1 Å². The minimum Gasteiger partial charge on any atom is -0.335 e. The first-order valence-corrected chi connectivity index (χ1v) is 9.52. The Morgan fingerprint density at radius 1 is 1.33 bits per heavy atom. The van der Waals surface area contributed by atoms with Gasteiger partial charge < -0.3 is 4.90 Å². The molecule has 114 valence electrons. The summed E-state index contributed by atoms with van der Waals surface area (Å²) in [6.07, 6.45) is 3.26. The van der Waals surface area contributed by atoms with Gasteiger partial charge in [-0.25, -0.2) is 8.42 Å². The minimum atomic E-state index is -3.98. The van der Waals surface area contributed by atoms with Gasteiger partial charge in [0, 0.05) is 28.8 Å². The second-order valence-corrected chi connectivity index (χ2v) is 8.75. The molecule has 1 heterocycles. The Kier molecular flexibility index (Phi) is 3.71. The number of hydrogen-bond donors (Lipinski definition) is 0. The van der Waals surface area contributed by atoms with Crippen molar-refractivity contribution in [3.8, 4) is 0 Å². The Morgan fingerprint density at radius 2 is 2.05 bits per heavy atom. The number of carbonyl (C=O) groups excluding carboxylic acids is 1. The smallest absolute Gasteiger partial charge is 0.262 e. The van der Waals surface area contributed by atoms with Crippen molar-refractivity contribution in [3.05, 3.63) is 28.3 Å². The Labute approximate surface area is 133 Å². The standard InChI is InChI=1S/C14H15Cl2NO3S/c1-8-4-10(6-12(13(8)15)21(16,19)20)14(18)17-7-9-2-3-11(17)5-9/h4,6,9,11H,2-3,5,7H2,1H3. The number of rotatable bonds is 2. The van der Waals surface area contributed by atoms with Crippen molar-refractivity contribution in [3.63, 3.8) is 0 Å². The number of carbonyl (C=O) groups is 1. The number of amides is 1. The van der Waals surface area contributed by atoms with E-state index in [0.29, 0.717) is 17.0 Å². The predicted molar refractivity (Wildman–Crippen MR) is 81.4 cm³/mol. The van der Waals surface area contributed by atoms with E-state index < -0.39 is 9.05 Å². The molecule has 1 aromatic carbocycles. The van der Waals surface area contributed by atoms with Crippen LogP contribution in [0, 0.1) is 12.8 Å². The third-order valence-electron chi connectivity index (χ3n) is 4.40. The zero-order valence-electron chi connectivity index (χ0n) is 11.5. The van der Waals surface area contributed by atoms with Crippen LogP contribution in [-0.2, 0) is 9.05 Å². The maximum absolute atomic E-state index is 12.6. The first kappa shape index (κ1) is 15.1. The monoisotopic (exact) mass is 347 g/mol. The van der Waals surface area contributed by atoms with Crippen molar-refractivity contribution in [2.24, 2.45) is 5.92 Å². The second kappa shape index (κ2) is 5.14. The lowest BCUT2D eigenvalue weighted by Gasteiger charge is -2.27. The quantitative estimate of drug-likeness (QED) is 0.772. The first-order valence-electron chi connectivity index (χ1n) is 6.83. The third kappa shape index (κ3) is 2.67. The van der Waals surface area contributed by atoms with E-state index in [-0.39, 0.29) is 21.9 Å². The number of aryl methyl sites for hydroxylation is 1. The number of hydrogen-bond acceptors (Lipinski definition) is 3. The molecule has 2 aliphatic rings. The highest BCUT2D eigenvalue weighted by atomic mass is 35.7. The molecule has 4 nitrogen and oxygen atoms in total. The molecular weight excluding hydrogens is 333 g/mol. The number of benzene rings is 1. The summed E-state index contributed by atoms with van der Waals surface area (Å²) in [6.45, 7) is 2.43. The van der Waals surface area contributed by atoms with Gasteiger partial charge in [-0.15, -0.1) is 0 Å². The molecule has 1 aliphatic carbocycles. The molecule has 0 N–H and O–H groups in total. The molecule has 2 atom stereocenters. The highest BCUT2D eigenvalue weighted by Gasteiger charge is 2.40. The molecule has 1 amide bonds. The number of nitrogens with zero attached hydrogens (tertiary/aromatic N) is 1. The van der Waals surface area contributed by atoms with E-state index in [0.717, 1.165) is 19.4 Å². The normalized spacial score (nSPS) is 24.6. The zero-order valence-corrected chi connectivity index (χ0v) is 13.8. The van der Waals surface area contributed by atoms with Gasteiger partial charge in [-0.05, 0) is 49.8 Å². The lowest BCUT2D eigenvalue weighted by atomic mass is 10.1. The fraction of sp³-hybridized carbons (Fsp3) is 0.500. The average Bonchev–Trinajstić information content (AvgIpc) is 3.01. The highest BCUT2D eigenvalue weighted by molar-refractivity contribution is 8.13. The van der Waals surface area contributed by atoms with Crippen molar-refractivity contribution < 1.29 is 13.2 Å². The van der Waals surface area contributed by atoms with Gasteiger partial charge in [0.05, 0.1) is 5.02 Å². The summed E-state index contributed by atoms with van der Waals surface area (Å²) in [5.74, 6) is 0.451. The molecule has 1 saturated carbocycles. The highest BCUT2D eigenvalue weighted by Crippen LogP contribution is 2.38. The van der Waals surface area contributed by atoms with Crippen LogP contribution in [0.15, 0.2) is 17.0 Å². The van der Waals surface area contributed by atoms with Crippen LogP contribution in [0.1, 0.15) is 35.2 Å². The van der Waals surface area contributed by atoms with Crippen LogP contribution in [0.2, 0.25) is 5.02 Å². The van der Waals surface area contributed by atoms with E-state index in [1.807, 2.05) is 4.90 Å². The van der Waals surface area contributed by atoms with E-state index in [4.69, 9.17) is 22.3 Å². The maximum atomic E-state index is 12.6. The van der Waals surface area contributed by atoms with Gasteiger partial charge >= 0.3 is 0 Å². The predicted octanol–water partition coefficient (Wildman–Crippen LogP) is 3.20. The molecule has 2 unspecified atom stereocenters. The maximum Gasteiger partial charge on any atom is 0.262 e. The van der Waals surface area contributed by atoms with Crippen LogP contribution in [0.5, 0.6) is 0 Å². The van der Waals surface area contributed by atoms with Gasteiger partial charge in [0.25, 0.3) is 15.0 Å². The van der Waals surface area contributed by atoms with E-state index in [1.54, 1.807) is 13.0 Å². The molecule has 7 heteroatoms. The number of likely N-dealkylation sites (tertiary alicyclic amines) is 1. The van der Waals surface area contributed by atoms with Crippen LogP contribution in [-0.4, -0.2) is 31.8 Å². The molecule has 0 radical (unpaired) electrons. The van der Waals surface area contributed by atoms with Crippen molar-refractivity contribution >= 4 is 37.2 Å². The van der Waals surface area contributed by atoms with Gasteiger partial charge in [0.1, 0.15) is 4.90 Å². The Morgan fingerprint density at radius 3 is 2.57 bits per heavy atom. The van der Waals surface area contributed by atoms with E-state index in [9.17, 15) is 13.2 Å². The van der Waals surface area contributed by atoms with E-state index in [2.05, 4.69) is 0 Å². The first-order chi connectivity index (χ1) is 9.77. The molecule has 0 aromatic heterocycles. The minimum absolute atomic E-state index is 0.0736. The summed E-state index contributed by atoms with van der Waals surface area (Å²) < 4.78 is 23.2. The Bertz CT molecular complexity index is 717. The Balaban J connectivity index is 1.99. The SMILES string of the molecule is Cc1cc(C(=O)N2CC3CCC2C3)cc(S(=O)(=O)Cl)c1Cl. The summed E-state index contributed by atoms with van der Waals surface area (Å²) in [7, 11) is 1.42. The third-order valence-corrected chi connectivity index (χ3v) is 6.36. The zero-order chi connectivity index (χ0) is 15.4. The van der Waals surface area contributed by atoms with Gasteiger partial charge in [0.15, 0.2) is 0 Å². The Hall–Kier alpha value is -0.780. The average molecular weight is 348 g/mol. The molecule has 21 heavy (non-hydrogen) atoms. The molecule has 1 aliphatic heterocycles.